The molecule has 0 saturated carbocycles. The van der Waals surface area contributed by atoms with Crippen molar-refractivity contribution in [2.75, 3.05) is 5.32 Å². The zero-order valence-corrected chi connectivity index (χ0v) is 12.0. The lowest BCUT2D eigenvalue weighted by molar-refractivity contribution is -0.118. The Kier molecular flexibility index (Phi) is 4.73. The van der Waals surface area contributed by atoms with Crippen molar-refractivity contribution in [2.45, 2.75) is 51.9 Å². The van der Waals surface area contributed by atoms with Crippen molar-refractivity contribution in [1.29, 1.82) is 0 Å². The summed E-state index contributed by atoms with van der Waals surface area (Å²) in [5, 5.41) is 2.54. The number of carbonyl (C=O) groups excluding carboxylic acids is 1. The van der Waals surface area contributed by atoms with Gasteiger partial charge in [-0.3, -0.25) is 4.79 Å². The second kappa shape index (κ2) is 6.33. The van der Waals surface area contributed by atoms with Gasteiger partial charge in [-0.15, -0.1) is 0 Å². The highest BCUT2D eigenvalue weighted by molar-refractivity contribution is 6.03. The number of unbranched alkanes of at least 4 members (excludes halogenated alkanes) is 3. The van der Waals surface area contributed by atoms with E-state index in [1.165, 1.54) is 12.5 Å². The Balaban J connectivity index is 2.12. The highest BCUT2D eigenvalue weighted by Crippen LogP contribution is 2.40. The molecule has 0 saturated heterocycles. The van der Waals surface area contributed by atoms with E-state index in [-0.39, 0.29) is 17.5 Å². The molecule has 0 spiro atoms. The molecule has 2 rings (SSSR count). The van der Waals surface area contributed by atoms with Crippen LogP contribution in [0.15, 0.2) is 12.1 Å². The van der Waals surface area contributed by atoms with Gasteiger partial charge in [0, 0.05) is 6.07 Å². The van der Waals surface area contributed by atoms with Gasteiger partial charge in [-0.2, -0.15) is 0 Å². The lowest BCUT2D eigenvalue weighted by atomic mass is 9.85. The molecule has 1 aliphatic heterocycles. The lowest BCUT2D eigenvalue weighted by Crippen LogP contribution is -2.19. The molecule has 1 aromatic rings. The number of halogens is 2. The number of rotatable bonds is 6. The zero-order valence-electron chi connectivity index (χ0n) is 12.0. The number of carbonyl (C=O) groups is 1. The van der Waals surface area contributed by atoms with Gasteiger partial charge in [-0.25, -0.2) is 8.78 Å². The number of amides is 1. The number of hydrogen-bond acceptors (Lipinski definition) is 1. The van der Waals surface area contributed by atoms with Crippen molar-refractivity contribution in [3.63, 3.8) is 0 Å². The molecule has 1 aromatic carbocycles. The molecule has 1 amide bonds. The van der Waals surface area contributed by atoms with Gasteiger partial charge in [0.2, 0.25) is 5.91 Å². The maximum Gasteiger partial charge on any atom is 0.232 e. The van der Waals surface area contributed by atoms with E-state index in [0.717, 1.165) is 31.7 Å². The average molecular weight is 281 g/mol. The lowest BCUT2D eigenvalue weighted by Gasteiger charge is -2.17. The van der Waals surface area contributed by atoms with Crippen LogP contribution < -0.4 is 5.32 Å². The van der Waals surface area contributed by atoms with Crippen molar-refractivity contribution in [1.82, 2.24) is 0 Å². The Morgan fingerprint density at radius 3 is 2.70 bits per heavy atom. The van der Waals surface area contributed by atoms with E-state index in [9.17, 15) is 13.6 Å². The molecule has 0 aliphatic carbocycles. The van der Waals surface area contributed by atoms with Crippen molar-refractivity contribution < 1.29 is 13.6 Å². The molecule has 2 nitrogen and oxygen atoms in total. The average Bonchev–Trinajstić information content (AvgIpc) is 2.71. The third-order valence-electron chi connectivity index (χ3n) is 4.03. The van der Waals surface area contributed by atoms with Gasteiger partial charge in [-0.05, 0) is 24.0 Å². The molecule has 1 N–H and O–H groups in total. The molecular weight excluding hydrogens is 260 g/mol. The van der Waals surface area contributed by atoms with Crippen LogP contribution in [0.25, 0.3) is 0 Å². The number of fused-ring (bicyclic) bond motifs is 1. The molecule has 0 radical (unpaired) electrons. The van der Waals surface area contributed by atoms with Crippen LogP contribution in [0.1, 0.15) is 57.4 Å². The summed E-state index contributed by atoms with van der Waals surface area (Å²) < 4.78 is 27.0. The van der Waals surface area contributed by atoms with Crippen LogP contribution in [0.4, 0.5) is 14.5 Å². The molecule has 0 aromatic heterocycles. The van der Waals surface area contributed by atoms with E-state index in [1.807, 2.05) is 6.92 Å². The molecule has 0 fully saturated rings. The minimum atomic E-state index is -0.686. The minimum Gasteiger partial charge on any atom is -0.323 e. The molecule has 1 aliphatic rings. The second-order valence-corrected chi connectivity index (χ2v) is 5.65. The first-order valence-electron chi connectivity index (χ1n) is 7.34. The van der Waals surface area contributed by atoms with Crippen LogP contribution in [0.3, 0.4) is 0 Å². The van der Waals surface area contributed by atoms with Crippen molar-refractivity contribution >= 4 is 11.6 Å². The number of hydrogen-bond donors (Lipinski definition) is 1. The quantitative estimate of drug-likeness (QED) is 0.758. The smallest absolute Gasteiger partial charge is 0.232 e. The fourth-order valence-corrected chi connectivity index (χ4v) is 2.94. The molecule has 2 unspecified atom stereocenters. The van der Waals surface area contributed by atoms with E-state index >= 15 is 0 Å². The highest BCUT2D eigenvalue weighted by atomic mass is 19.1. The SMILES string of the molecule is CCCCCCC(C)C1C(=O)Nc2c(F)cc(F)cc21. The van der Waals surface area contributed by atoms with Crippen LogP contribution in [0.5, 0.6) is 0 Å². The van der Waals surface area contributed by atoms with Gasteiger partial charge >= 0.3 is 0 Å². The van der Waals surface area contributed by atoms with Crippen LogP contribution in [0.2, 0.25) is 0 Å². The Morgan fingerprint density at radius 2 is 2.00 bits per heavy atom. The highest BCUT2D eigenvalue weighted by Gasteiger charge is 2.36. The first-order chi connectivity index (χ1) is 9.54. The van der Waals surface area contributed by atoms with E-state index in [1.54, 1.807) is 0 Å². The summed E-state index contributed by atoms with van der Waals surface area (Å²) in [4.78, 5) is 12.0. The van der Waals surface area contributed by atoms with Crippen molar-refractivity contribution in [2.24, 2.45) is 5.92 Å². The summed E-state index contributed by atoms with van der Waals surface area (Å²) in [5.41, 5.74) is 0.622. The van der Waals surface area contributed by atoms with Gasteiger partial charge in [0.15, 0.2) is 0 Å². The second-order valence-electron chi connectivity index (χ2n) is 5.65. The normalized spacial score (nSPS) is 18.8. The van der Waals surface area contributed by atoms with Gasteiger partial charge in [0.05, 0.1) is 11.6 Å². The Labute approximate surface area is 118 Å². The number of benzene rings is 1. The predicted molar refractivity (Wildman–Crippen MR) is 75.7 cm³/mol. The molecule has 110 valence electrons. The van der Waals surface area contributed by atoms with Gasteiger partial charge in [0.1, 0.15) is 11.6 Å². The van der Waals surface area contributed by atoms with Crippen molar-refractivity contribution in [3.05, 3.63) is 29.3 Å². The van der Waals surface area contributed by atoms with Gasteiger partial charge < -0.3 is 5.32 Å². The van der Waals surface area contributed by atoms with E-state index in [4.69, 9.17) is 0 Å². The number of nitrogens with one attached hydrogen (secondary N) is 1. The standard InChI is InChI=1S/C16H21F2NO/c1-3-4-5-6-7-10(2)14-12-8-11(17)9-13(18)15(12)19-16(14)20/h8-10,14H,3-7H2,1-2H3,(H,19,20). The Bertz CT molecular complexity index is 501. The predicted octanol–water partition coefficient (Wildman–Crippen LogP) is 4.61. The maximum atomic E-state index is 13.7. The topological polar surface area (TPSA) is 29.1 Å². The molecule has 4 heteroatoms. The summed E-state index contributed by atoms with van der Waals surface area (Å²) in [6, 6.07) is 2.09. The van der Waals surface area contributed by atoms with Crippen LogP contribution in [0, 0.1) is 17.6 Å². The summed E-state index contributed by atoms with van der Waals surface area (Å²) in [6.45, 7) is 4.13. The maximum absolute atomic E-state index is 13.7. The molecule has 1 heterocycles. The zero-order chi connectivity index (χ0) is 14.7. The Hall–Kier alpha value is -1.45. The largest absolute Gasteiger partial charge is 0.323 e. The van der Waals surface area contributed by atoms with Crippen LogP contribution in [-0.2, 0) is 4.79 Å². The van der Waals surface area contributed by atoms with Gasteiger partial charge in [0.25, 0.3) is 0 Å². The Morgan fingerprint density at radius 1 is 1.25 bits per heavy atom. The van der Waals surface area contributed by atoms with Gasteiger partial charge in [-0.1, -0.05) is 39.5 Å². The first kappa shape index (κ1) is 14.9. The minimum absolute atomic E-state index is 0.0920. The monoisotopic (exact) mass is 281 g/mol. The molecular formula is C16H21F2NO. The molecule has 20 heavy (non-hydrogen) atoms. The van der Waals surface area contributed by atoms with E-state index in [0.29, 0.717) is 5.56 Å². The van der Waals surface area contributed by atoms with E-state index < -0.39 is 17.6 Å². The first-order valence-corrected chi connectivity index (χ1v) is 7.34. The summed E-state index contributed by atoms with van der Waals surface area (Å²) in [5.74, 6) is -1.87. The van der Waals surface area contributed by atoms with Crippen LogP contribution >= 0.6 is 0 Å². The fraction of sp³-hybridized carbons (Fsp3) is 0.562. The third-order valence-corrected chi connectivity index (χ3v) is 4.03. The third kappa shape index (κ3) is 3.00. The summed E-state index contributed by atoms with van der Waals surface area (Å²) >= 11 is 0. The fourth-order valence-electron chi connectivity index (χ4n) is 2.94. The number of anilines is 1. The van der Waals surface area contributed by atoms with E-state index in [2.05, 4.69) is 12.2 Å². The molecule has 0 bridgehead atoms. The summed E-state index contributed by atoms with van der Waals surface area (Å²) in [7, 11) is 0. The molecule has 2 atom stereocenters. The van der Waals surface area contributed by atoms with Crippen LogP contribution in [-0.4, -0.2) is 5.91 Å². The van der Waals surface area contributed by atoms with Crippen molar-refractivity contribution in [3.8, 4) is 0 Å². The summed E-state index contributed by atoms with van der Waals surface area (Å²) in [6.07, 6.45) is 5.43.